The van der Waals surface area contributed by atoms with Gasteiger partial charge in [0.05, 0.1) is 27.7 Å². The van der Waals surface area contributed by atoms with Gasteiger partial charge in [0, 0.05) is 24.3 Å². The maximum Gasteiger partial charge on any atom is 0.253 e. The number of sulfone groups is 1. The fourth-order valence-corrected chi connectivity index (χ4v) is 3.94. The van der Waals surface area contributed by atoms with Crippen molar-refractivity contribution in [3.8, 4) is 0 Å². The number of carbonyl (C=O) groups excluding carboxylic acids is 1. The number of amides is 1. The van der Waals surface area contributed by atoms with E-state index in [2.05, 4.69) is 25.5 Å². The van der Waals surface area contributed by atoms with Crippen LogP contribution in [-0.4, -0.2) is 34.5 Å². The Hall–Kier alpha value is -3.66. The highest BCUT2D eigenvalue weighted by Gasteiger charge is 2.18. The molecular formula is C19H14FN5O3S. The van der Waals surface area contributed by atoms with E-state index in [0.717, 1.165) is 23.8 Å². The lowest BCUT2D eigenvalue weighted by Gasteiger charge is -2.08. The summed E-state index contributed by atoms with van der Waals surface area (Å²) in [5, 5.41) is 10.0. The number of halogens is 1. The zero-order chi connectivity index (χ0) is 20.4. The average molecular weight is 411 g/mol. The minimum atomic E-state index is -3.87. The van der Waals surface area contributed by atoms with Crippen LogP contribution in [0.3, 0.4) is 0 Å². The first-order chi connectivity index (χ1) is 13.9. The second-order valence-electron chi connectivity index (χ2n) is 6.20. The largest absolute Gasteiger partial charge is 0.348 e. The lowest BCUT2D eigenvalue weighted by molar-refractivity contribution is 0.0950. The van der Waals surface area contributed by atoms with E-state index in [1.165, 1.54) is 18.3 Å². The van der Waals surface area contributed by atoms with Crippen LogP contribution < -0.4 is 5.32 Å². The molecule has 0 aliphatic rings. The maximum absolute atomic E-state index is 13.3. The number of pyridine rings is 2. The van der Waals surface area contributed by atoms with E-state index >= 15 is 0 Å². The molecule has 0 radical (unpaired) electrons. The first-order valence-electron chi connectivity index (χ1n) is 8.45. The molecule has 0 saturated heterocycles. The van der Waals surface area contributed by atoms with Crippen LogP contribution in [0.15, 0.2) is 71.0 Å². The van der Waals surface area contributed by atoms with Crippen LogP contribution in [0.25, 0.3) is 11.0 Å². The Balaban J connectivity index is 1.46. The van der Waals surface area contributed by atoms with E-state index in [1.54, 1.807) is 24.4 Å². The highest BCUT2D eigenvalue weighted by atomic mass is 32.2. The Bertz CT molecular complexity index is 1300. The summed E-state index contributed by atoms with van der Waals surface area (Å²) < 4.78 is 38.4. The Labute approximate surface area is 164 Å². The highest BCUT2D eigenvalue weighted by Crippen LogP contribution is 2.21. The smallest absolute Gasteiger partial charge is 0.253 e. The summed E-state index contributed by atoms with van der Waals surface area (Å²) in [6.07, 6.45) is 5.05. The van der Waals surface area contributed by atoms with Gasteiger partial charge in [0.2, 0.25) is 9.84 Å². The van der Waals surface area contributed by atoms with Crippen molar-refractivity contribution in [1.82, 2.24) is 25.5 Å². The number of H-pyrrole nitrogens is 1. The molecule has 4 aromatic rings. The molecule has 1 aromatic carbocycles. The first kappa shape index (κ1) is 18.7. The van der Waals surface area contributed by atoms with Gasteiger partial charge in [-0.1, -0.05) is 12.1 Å². The van der Waals surface area contributed by atoms with Gasteiger partial charge >= 0.3 is 0 Å². The summed E-state index contributed by atoms with van der Waals surface area (Å²) >= 11 is 0. The quantitative estimate of drug-likeness (QED) is 0.520. The molecular weight excluding hydrogens is 397 g/mol. The summed E-state index contributed by atoms with van der Waals surface area (Å²) in [6, 6.07) is 8.56. The number of benzene rings is 1. The Morgan fingerprint density at radius 1 is 1.03 bits per heavy atom. The van der Waals surface area contributed by atoms with Crippen molar-refractivity contribution in [2.75, 3.05) is 0 Å². The number of aromatic nitrogens is 4. The second-order valence-corrected chi connectivity index (χ2v) is 8.15. The molecule has 3 aromatic heterocycles. The zero-order valence-electron chi connectivity index (χ0n) is 14.8. The van der Waals surface area contributed by atoms with E-state index in [1.807, 2.05) is 0 Å². The molecule has 4 rings (SSSR count). The van der Waals surface area contributed by atoms with Crippen molar-refractivity contribution in [1.29, 1.82) is 0 Å². The molecule has 0 saturated carbocycles. The van der Waals surface area contributed by atoms with Crippen molar-refractivity contribution in [2.24, 2.45) is 0 Å². The Morgan fingerprint density at radius 2 is 1.83 bits per heavy atom. The standard InChI is InChI=1S/C19H14FN5O3S/c20-15-6-17(11-21-10-15)29(27,28)16-3-1-12(2-4-16)7-23-19(26)14-5-13-9-24-25-18(13)22-8-14/h1-6,8-11H,7H2,(H,23,26)(H,22,24,25). The van der Waals surface area contributed by atoms with Crippen molar-refractivity contribution in [3.63, 3.8) is 0 Å². The van der Waals surface area contributed by atoms with Crippen molar-refractivity contribution in [3.05, 3.63) is 78.1 Å². The van der Waals surface area contributed by atoms with Crippen LogP contribution in [0.4, 0.5) is 4.39 Å². The lowest BCUT2D eigenvalue weighted by Crippen LogP contribution is -2.22. The lowest BCUT2D eigenvalue weighted by atomic mass is 10.2. The molecule has 0 aliphatic carbocycles. The second kappa shape index (κ2) is 7.40. The number of hydrogen-bond donors (Lipinski definition) is 2. The number of carbonyl (C=O) groups is 1. The van der Waals surface area contributed by atoms with Crippen LogP contribution >= 0.6 is 0 Å². The fraction of sp³-hybridized carbons (Fsp3) is 0.0526. The Kier molecular flexibility index (Phi) is 4.77. The monoisotopic (exact) mass is 411 g/mol. The van der Waals surface area contributed by atoms with Gasteiger partial charge in [-0.05, 0) is 29.8 Å². The van der Waals surface area contributed by atoms with E-state index < -0.39 is 15.7 Å². The summed E-state index contributed by atoms with van der Waals surface area (Å²) in [5.41, 5.74) is 1.68. The van der Waals surface area contributed by atoms with Crippen LogP contribution in [0, 0.1) is 5.82 Å². The summed E-state index contributed by atoms with van der Waals surface area (Å²) in [7, 11) is -3.87. The number of hydrogen-bond acceptors (Lipinski definition) is 6. The van der Waals surface area contributed by atoms with Crippen LogP contribution in [0.2, 0.25) is 0 Å². The third-order valence-corrected chi connectivity index (χ3v) is 5.97. The summed E-state index contributed by atoms with van der Waals surface area (Å²) in [6.45, 7) is 0.199. The number of nitrogens with one attached hydrogen (secondary N) is 2. The van der Waals surface area contributed by atoms with Crippen molar-refractivity contribution < 1.29 is 17.6 Å². The normalized spacial score (nSPS) is 11.5. The predicted octanol–water partition coefficient (Wildman–Crippen LogP) is 2.25. The summed E-state index contributed by atoms with van der Waals surface area (Å²) in [5.74, 6) is -1.04. The molecule has 2 N–H and O–H groups in total. The number of nitrogens with zero attached hydrogens (tertiary/aromatic N) is 3. The van der Waals surface area contributed by atoms with Gasteiger partial charge in [0.15, 0.2) is 5.65 Å². The highest BCUT2D eigenvalue weighted by molar-refractivity contribution is 7.91. The minimum absolute atomic E-state index is 0.00888. The van der Waals surface area contributed by atoms with Crippen molar-refractivity contribution in [2.45, 2.75) is 16.3 Å². The number of aromatic amines is 1. The molecule has 146 valence electrons. The van der Waals surface area contributed by atoms with Gasteiger partial charge in [-0.15, -0.1) is 0 Å². The number of fused-ring (bicyclic) bond motifs is 1. The molecule has 8 nitrogen and oxygen atoms in total. The predicted molar refractivity (Wildman–Crippen MR) is 101 cm³/mol. The van der Waals surface area contributed by atoms with Crippen LogP contribution in [-0.2, 0) is 16.4 Å². The minimum Gasteiger partial charge on any atom is -0.348 e. The average Bonchev–Trinajstić information content (AvgIpc) is 3.20. The van der Waals surface area contributed by atoms with Gasteiger partial charge in [-0.3, -0.25) is 14.9 Å². The molecule has 10 heteroatoms. The first-order valence-corrected chi connectivity index (χ1v) is 9.94. The third kappa shape index (κ3) is 3.83. The zero-order valence-corrected chi connectivity index (χ0v) is 15.6. The summed E-state index contributed by atoms with van der Waals surface area (Å²) in [4.78, 5) is 19.8. The maximum atomic E-state index is 13.3. The number of rotatable bonds is 5. The molecule has 3 heterocycles. The van der Waals surface area contributed by atoms with Gasteiger partial charge in [0.25, 0.3) is 5.91 Å². The molecule has 0 fully saturated rings. The topological polar surface area (TPSA) is 118 Å². The van der Waals surface area contributed by atoms with Crippen LogP contribution in [0.1, 0.15) is 15.9 Å². The molecule has 0 spiro atoms. The van der Waals surface area contributed by atoms with Crippen molar-refractivity contribution >= 4 is 26.8 Å². The van der Waals surface area contributed by atoms with Gasteiger partial charge < -0.3 is 5.32 Å². The molecule has 0 atom stereocenters. The van der Waals surface area contributed by atoms with E-state index in [9.17, 15) is 17.6 Å². The van der Waals surface area contributed by atoms with Gasteiger partial charge in [-0.25, -0.2) is 17.8 Å². The third-order valence-electron chi connectivity index (χ3n) is 4.23. The Morgan fingerprint density at radius 3 is 2.59 bits per heavy atom. The SMILES string of the molecule is O=C(NCc1ccc(S(=O)(=O)c2cncc(F)c2)cc1)c1cnc2[nH]ncc2c1. The molecule has 1 amide bonds. The molecule has 0 unspecified atom stereocenters. The molecule has 0 aliphatic heterocycles. The van der Waals surface area contributed by atoms with Gasteiger partial charge in [0.1, 0.15) is 5.82 Å². The molecule has 29 heavy (non-hydrogen) atoms. The van der Waals surface area contributed by atoms with Crippen LogP contribution in [0.5, 0.6) is 0 Å². The van der Waals surface area contributed by atoms with E-state index in [0.29, 0.717) is 16.8 Å². The fourth-order valence-electron chi connectivity index (χ4n) is 2.71. The van der Waals surface area contributed by atoms with E-state index in [4.69, 9.17) is 0 Å². The van der Waals surface area contributed by atoms with Gasteiger partial charge in [-0.2, -0.15) is 5.10 Å². The molecule has 0 bridgehead atoms. The van der Waals surface area contributed by atoms with E-state index in [-0.39, 0.29) is 22.2 Å².